The van der Waals surface area contributed by atoms with Gasteiger partial charge in [-0.1, -0.05) is 37.6 Å². The smallest absolute Gasteiger partial charge is 0.224 e. The van der Waals surface area contributed by atoms with Crippen LogP contribution in [0.15, 0.2) is 18.2 Å². The van der Waals surface area contributed by atoms with Gasteiger partial charge in [0.05, 0.1) is 12.0 Å². The second-order valence-electron chi connectivity index (χ2n) is 5.31. The zero-order valence-electron chi connectivity index (χ0n) is 12.4. The van der Waals surface area contributed by atoms with E-state index in [-0.39, 0.29) is 5.91 Å². The lowest BCUT2D eigenvalue weighted by Gasteiger charge is -2.25. The highest BCUT2D eigenvalue weighted by Gasteiger charge is 2.22. The van der Waals surface area contributed by atoms with E-state index >= 15 is 0 Å². The summed E-state index contributed by atoms with van der Waals surface area (Å²) in [6, 6.07) is 6.12. The van der Waals surface area contributed by atoms with E-state index in [1.165, 1.54) is 0 Å². The van der Waals surface area contributed by atoms with Crippen molar-refractivity contribution in [2.45, 2.75) is 52.6 Å². The second kappa shape index (κ2) is 6.71. The molecule has 0 atom stereocenters. The normalized spacial score (nSPS) is 11.4. The Kier molecular flexibility index (Phi) is 5.55. The van der Waals surface area contributed by atoms with E-state index < -0.39 is 5.60 Å². The first-order chi connectivity index (χ1) is 8.90. The van der Waals surface area contributed by atoms with Gasteiger partial charge < -0.3 is 10.4 Å². The van der Waals surface area contributed by atoms with Crippen LogP contribution in [0, 0.1) is 13.8 Å². The number of nitrogens with one attached hydrogen (secondary N) is 1. The van der Waals surface area contributed by atoms with Crippen molar-refractivity contribution in [3.63, 3.8) is 0 Å². The fraction of sp³-hybridized carbons (Fsp3) is 0.562. The van der Waals surface area contributed by atoms with Gasteiger partial charge in [-0.15, -0.1) is 0 Å². The maximum absolute atomic E-state index is 11.9. The van der Waals surface area contributed by atoms with Crippen molar-refractivity contribution >= 4 is 5.91 Å². The molecule has 0 aliphatic rings. The van der Waals surface area contributed by atoms with Gasteiger partial charge in [-0.2, -0.15) is 0 Å². The molecule has 0 aromatic heterocycles. The van der Waals surface area contributed by atoms with Crippen molar-refractivity contribution in [1.29, 1.82) is 0 Å². The second-order valence-corrected chi connectivity index (χ2v) is 5.31. The van der Waals surface area contributed by atoms with Crippen LogP contribution in [0.4, 0.5) is 0 Å². The molecule has 0 heterocycles. The summed E-state index contributed by atoms with van der Waals surface area (Å²) in [6.45, 7) is 8.22. The molecule has 3 nitrogen and oxygen atoms in total. The number of aliphatic hydroxyl groups is 1. The first-order valence-corrected chi connectivity index (χ1v) is 6.95. The van der Waals surface area contributed by atoms with Crippen LogP contribution in [0.5, 0.6) is 0 Å². The van der Waals surface area contributed by atoms with E-state index in [1.54, 1.807) is 0 Å². The van der Waals surface area contributed by atoms with Crippen LogP contribution in [-0.2, 0) is 11.2 Å². The van der Waals surface area contributed by atoms with Crippen molar-refractivity contribution in [2.75, 3.05) is 6.54 Å². The highest BCUT2D eigenvalue weighted by molar-refractivity contribution is 5.79. The maximum Gasteiger partial charge on any atom is 0.224 e. The minimum absolute atomic E-state index is 0.0333. The van der Waals surface area contributed by atoms with Gasteiger partial charge in [0, 0.05) is 6.54 Å². The Morgan fingerprint density at radius 2 is 1.89 bits per heavy atom. The van der Waals surface area contributed by atoms with E-state index in [9.17, 15) is 9.90 Å². The molecule has 0 saturated heterocycles. The molecule has 0 bridgehead atoms. The van der Waals surface area contributed by atoms with Crippen molar-refractivity contribution in [2.24, 2.45) is 0 Å². The van der Waals surface area contributed by atoms with Crippen LogP contribution in [0.25, 0.3) is 0 Å². The molecule has 0 unspecified atom stereocenters. The summed E-state index contributed by atoms with van der Waals surface area (Å²) < 4.78 is 0. The molecule has 3 heteroatoms. The number of carbonyl (C=O) groups excluding carboxylic acids is 1. The van der Waals surface area contributed by atoms with Gasteiger partial charge >= 0.3 is 0 Å². The number of hydrogen-bond acceptors (Lipinski definition) is 2. The maximum atomic E-state index is 11.9. The highest BCUT2D eigenvalue weighted by Crippen LogP contribution is 2.14. The minimum Gasteiger partial charge on any atom is -0.388 e. The standard InChI is InChI=1S/C16H25NO2/c1-5-16(19,6-2)11-17-15(18)10-14-9-12(3)7-8-13(14)4/h7-9,19H,5-6,10-11H2,1-4H3,(H,17,18). The van der Waals surface area contributed by atoms with Gasteiger partial charge in [-0.3, -0.25) is 4.79 Å². The molecule has 0 aliphatic heterocycles. The first kappa shape index (κ1) is 15.7. The minimum atomic E-state index is -0.780. The molecule has 1 aromatic rings. The fourth-order valence-electron chi connectivity index (χ4n) is 1.99. The van der Waals surface area contributed by atoms with Gasteiger partial charge in [0.1, 0.15) is 0 Å². The Bertz CT molecular complexity index is 436. The molecular weight excluding hydrogens is 238 g/mol. The molecule has 1 aromatic carbocycles. The Balaban J connectivity index is 2.58. The van der Waals surface area contributed by atoms with Crippen molar-refractivity contribution in [3.8, 4) is 0 Å². The topological polar surface area (TPSA) is 49.3 Å². The number of rotatable bonds is 6. The summed E-state index contributed by atoms with van der Waals surface area (Å²) in [5.74, 6) is -0.0333. The largest absolute Gasteiger partial charge is 0.388 e. The Labute approximate surface area is 116 Å². The number of benzene rings is 1. The van der Waals surface area contributed by atoms with Gasteiger partial charge in [0.2, 0.25) is 5.91 Å². The molecule has 2 N–H and O–H groups in total. The SMILES string of the molecule is CCC(O)(CC)CNC(=O)Cc1cc(C)ccc1C. The Hall–Kier alpha value is -1.35. The van der Waals surface area contributed by atoms with Crippen molar-refractivity contribution in [1.82, 2.24) is 5.32 Å². The van der Waals surface area contributed by atoms with Gasteiger partial charge in [-0.25, -0.2) is 0 Å². The molecule has 1 rings (SSSR count). The number of amides is 1. The average molecular weight is 263 g/mol. The van der Waals surface area contributed by atoms with Crippen molar-refractivity contribution < 1.29 is 9.90 Å². The summed E-state index contributed by atoms with van der Waals surface area (Å²) in [6.07, 6.45) is 1.66. The van der Waals surface area contributed by atoms with Crippen LogP contribution < -0.4 is 5.32 Å². The lowest BCUT2D eigenvalue weighted by Crippen LogP contribution is -2.42. The van der Waals surface area contributed by atoms with E-state index in [0.29, 0.717) is 25.8 Å². The monoisotopic (exact) mass is 263 g/mol. The molecule has 19 heavy (non-hydrogen) atoms. The average Bonchev–Trinajstić information content (AvgIpc) is 2.40. The van der Waals surface area contributed by atoms with Crippen LogP contribution in [-0.4, -0.2) is 23.2 Å². The van der Waals surface area contributed by atoms with E-state index in [0.717, 1.165) is 16.7 Å². The molecular formula is C16H25NO2. The Morgan fingerprint density at radius 1 is 1.26 bits per heavy atom. The number of carbonyl (C=O) groups is 1. The molecule has 0 fully saturated rings. The lowest BCUT2D eigenvalue weighted by molar-refractivity contribution is -0.121. The summed E-state index contributed by atoms with van der Waals surface area (Å²) in [4.78, 5) is 11.9. The highest BCUT2D eigenvalue weighted by atomic mass is 16.3. The predicted octanol–water partition coefficient (Wildman–Crippen LogP) is 2.51. The fourth-order valence-corrected chi connectivity index (χ4v) is 1.99. The summed E-state index contributed by atoms with van der Waals surface area (Å²) >= 11 is 0. The lowest BCUT2D eigenvalue weighted by atomic mass is 9.97. The quantitative estimate of drug-likeness (QED) is 0.828. The third-order valence-electron chi connectivity index (χ3n) is 3.79. The molecule has 106 valence electrons. The molecule has 0 saturated carbocycles. The molecule has 0 radical (unpaired) electrons. The van der Waals surface area contributed by atoms with Crippen LogP contribution in [0.1, 0.15) is 43.4 Å². The third kappa shape index (κ3) is 4.67. The predicted molar refractivity (Wildman–Crippen MR) is 78.2 cm³/mol. The van der Waals surface area contributed by atoms with Crippen molar-refractivity contribution in [3.05, 3.63) is 34.9 Å². The zero-order valence-corrected chi connectivity index (χ0v) is 12.4. The van der Waals surface area contributed by atoms with Crippen LogP contribution >= 0.6 is 0 Å². The van der Waals surface area contributed by atoms with Crippen LogP contribution in [0.2, 0.25) is 0 Å². The molecule has 0 spiro atoms. The number of hydrogen-bond donors (Lipinski definition) is 2. The summed E-state index contributed by atoms with van der Waals surface area (Å²) in [7, 11) is 0. The summed E-state index contributed by atoms with van der Waals surface area (Å²) in [5, 5.41) is 13.0. The number of aryl methyl sites for hydroxylation is 2. The van der Waals surface area contributed by atoms with Gasteiger partial charge in [0.25, 0.3) is 0 Å². The van der Waals surface area contributed by atoms with Crippen LogP contribution in [0.3, 0.4) is 0 Å². The van der Waals surface area contributed by atoms with Gasteiger partial charge in [0.15, 0.2) is 0 Å². The first-order valence-electron chi connectivity index (χ1n) is 6.95. The molecule has 1 amide bonds. The zero-order chi connectivity index (χ0) is 14.5. The van der Waals surface area contributed by atoms with Gasteiger partial charge in [-0.05, 0) is 37.8 Å². The van der Waals surface area contributed by atoms with E-state index in [4.69, 9.17) is 0 Å². The van der Waals surface area contributed by atoms with E-state index in [1.807, 2.05) is 45.9 Å². The van der Waals surface area contributed by atoms with E-state index in [2.05, 4.69) is 5.32 Å². The summed E-state index contributed by atoms with van der Waals surface area (Å²) in [5.41, 5.74) is 2.56. The third-order valence-corrected chi connectivity index (χ3v) is 3.79. The molecule has 0 aliphatic carbocycles. The Morgan fingerprint density at radius 3 is 2.47 bits per heavy atom.